The molecule has 0 amide bonds. The van der Waals surface area contributed by atoms with Crippen LogP contribution in [0.5, 0.6) is 5.75 Å². The molecule has 0 saturated carbocycles. The molecular formula is C23H32N4O5. The van der Waals surface area contributed by atoms with Crippen molar-refractivity contribution in [2.45, 2.75) is 58.8 Å². The molecule has 0 spiro atoms. The Hall–Kier alpha value is -2.91. The topological polar surface area (TPSA) is 101 Å². The molecule has 9 nitrogen and oxygen atoms in total. The number of unbranched alkanes of at least 4 members (excludes halogenated alkanes) is 1. The normalized spacial score (nSPS) is 12.4. The van der Waals surface area contributed by atoms with Gasteiger partial charge in [0.2, 0.25) is 0 Å². The average Bonchev–Trinajstić information content (AvgIpc) is 3.23. The van der Waals surface area contributed by atoms with E-state index in [0.717, 1.165) is 23.8 Å². The second-order valence-electron chi connectivity index (χ2n) is 7.77. The molecule has 0 aliphatic rings. The van der Waals surface area contributed by atoms with E-state index < -0.39 is 17.4 Å². The fourth-order valence-electron chi connectivity index (χ4n) is 3.55. The second-order valence-corrected chi connectivity index (χ2v) is 7.77. The molecule has 0 fully saturated rings. The summed E-state index contributed by atoms with van der Waals surface area (Å²) in [5.74, 6) is 0.627. The van der Waals surface area contributed by atoms with Crippen LogP contribution >= 0.6 is 0 Å². The highest BCUT2D eigenvalue weighted by molar-refractivity contribution is 5.70. The lowest BCUT2D eigenvalue weighted by Crippen LogP contribution is -2.44. The molecule has 0 unspecified atom stereocenters. The van der Waals surface area contributed by atoms with Crippen molar-refractivity contribution in [1.82, 2.24) is 18.7 Å². The van der Waals surface area contributed by atoms with Gasteiger partial charge < -0.3 is 19.1 Å². The summed E-state index contributed by atoms with van der Waals surface area (Å²) in [6, 6.07) is 7.62. The van der Waals surface area contributed by atoms with Crippen LogP contribution in [0.4, 0.5) is 0 Å². The molecule has 0 radical (unpaired) electrons. The number of methoxy groups -OCH3 is 1. The maximum atomic E-state index is 13.2. The summed E-state index contributed by atoms with van der Waals surface area (Å²) < 4.78 is 15.1. The van der Waals surface area contributed by atoms with Crippen LogP contribution in [0.25, 0.3) is 11.2 Å². The number of hydrogen-bond acceptors (Lipinski definition) is 6. The van der Waals surface area contributed by atoms with Gasteiger partial charge in [0.15, 0.2) is 11.2 Å². The van der Waals surface area contributed by atoms with Crippen LogP contribution in [0, 0.1) is 0 Å². The molecule has 2 aromatic heterocycles. The Bertz CT molecular complexity index is 1130. The first kappa shape index (κ1) is 23.7. The molecule has 0 aliphatic carbocycles. The molecule has 32 heavy (non-hydrogen) atoms. The van der Waals surface area contributed by atoms with Gasteiger partial charge >= 0.3 is 5.69 Å². The summed E-state index contributed by atoms with van der Waals surface area (Å²) in [4.78, 5) is 30.6. The quantitative estimate of drug-likeness (QED) is 0.457. The molecule has 174 valence electrons. The molecule has 1 aromatic carbocycles. The molecule has 0 bridgehead atoms. The number of nitrogens with zero attached hydrogens (tertiary/aromatic N) is 4. The fourth-order valence-corrected chi connectivity index (χ4v) is 3.55. The highest BCUT2D eigenvalue weighted by atomic mass is 16.5. The van der Waals surface area contributed by atoms with Gasteiger partial charge in [0.25, 0.3) is 5.56 Å². The molecule has 3 rings (SSSR count). The number of imidazole rings is 1. The van der Waals surface area contributed by atoms with Gasteiger partial charge in [-0.3, -0.25) is 13.9 Å². The summed E-state index contributed by atoms with van der Waals surface area (Å²) in [5.41, 5.74) is 0.941. The zero-order valence-corrected chi connectivity index (χ0v) is 19.0. The van der Waals surface area contributed by atoms with E-state index >= 15 is 0 Å². The Morgan fingerprint density at radius 2 is 1.84 bits per heavy atom. The average molecular weight is 445 g/mol. The summed E-state index contributed by atoms with van der Waals surface area (Å²) in [7, 11) is 1.58. The van der Waals surface area contributed by atoms with Crippen LogP contribution in [0.3, 0.4) is 0 Å². The summed E-state index contributed by atoms with van der Waals surface area (Å²) in [5, 5.41) is 10.5. The molecule has 0 aliphatic heterocycles. The van der Waals surface area contributed by atoms with Crippen LogP contribution < -0.4 is 16.0 Å². The van der Waals surface area contributed by atoms with Crippen LogP contribution in [-0.2, 0) is 30.8 Å². The standard InChI is InChI=1S/C23H32N4O5/c1-4-6-11-26-21-20(25(16-24-21)12-13-31-3)22(29)27(23(26)30)14-18(28)15-32-19-9-7-17(5-2)8-10-19/h7-10,16,18,28H,4-6,11-15H2,1-3H3/t18-/m0/s1. The predicted molar refractivity (Wildman–Crippen MR) is 122 cm³/mol. The number of aliphatic hydroxyl groups is 1. The molecule has 2 heterocycles. The molecule has 1 atom stereocenters. The molecule has 0 saturated heterocycles. The SMILES string of the molecule is CCCCn1c(=O)n(C[C@H](O)COc2ccc(CC)cc2)c(=O)c2c1ncn2CCOC. The Labute approximate surface area is 186 Å². The Morgan fingerprint density at radius 1 is 1.09 bits per heavy atom. The largest absolute Gasteiger partial charge is 0.491 e. The smallest absolute Gasteiger partial charge is 0.332 e. The molecular weight excluding hydrogens is 412 g/mol. The number of benzene rings is 1. The van der Waals surface area contributed by atoms with E-state index in [-0.39, 0.29) is 13.2 Å². The van der Waals surface area contributed by atoms with Crippen molar-refractivity contribution in [3.8, 4) is 5.75 Å². The van der Waals surface area contributed by atoms with Gasteiger partial charge in [-0.15, -0.1) is 0 Å². The van der Waals surface area contributed by atoms with Crippen molar-refractivity contribution in [1.29, 1.82) is 0 Å². The van der Waals surface area contributed by atoms with Gasteiger partial charge in [0.05, 0.1) is 19.5 Å². The van der Waals surface area contributed by atoms with Crippen LogP contribution in [-0.4, -0.2) is 50.2 Å². The zero-order chi connectivity index (χ0) is 23.1. The minimum atomic E-state index is -1.03. The van der Waals surface area contributed by atoms with Crippen molar-refractivity contribution >= 4 is 11.2 Å². The third kappa shape index (κ3) is 5.28. The molecule has 9 heteroatoms. The van der Waals surface area contributed by atoms with E-state index in [4.69, 9.17) is 9.47 Å². The van der Waals surface area contributed by atoms with Crippen LogP contribution in [0.2, 0.25) is 0 Å². The van der Waals surface area contributed by atoms with E-state index in [9.17, 15) is 14.7 Å². The Morgan fingerprint density at radius 3 is 2.50 bits per heavy atom. The van der Waals surface area contributed by atoms with Crippen molar-refractivity contribution in [2.24, 2.45) is 0 Å². The van der Waals surface area contributed by atoms with E-state index in [1.807, 2.05) is 31.2 Å². The van der Waals surface area contributed by atoms with E-state index in [0.29, 0.717) is 36.6 Å². The monoisotopic (exact) mass is 444 g/mol. The van der Waals surface area contributed by atoms with Crippen molar-refractivity contribution < 1.29 is 14.6 Å². The minimum absolute atomic E-state index is 0.0344. The van der Waals surface area contributed by atoms with Gasteiger partial charge in [-0.25, -0.2) is 9.78 Å². The maximum Gasteiger partial charge on any atom is 0.332 e. The predicted octanol–water partition coefficient (Wildman–Crippen LogP) is 1.81. The van der Waals surface area contributed by atoms with Gasteiger partial charge in [0.1, 0.15) is 18.5 Å². The number of ether oxygens (including phenoxy) is 2. The Balaban J connectivity index is 1.88. The van der Waals surface area contributed by atoms with Crippen LogP contribution in [0.15, 0.2) is 40.2 Å². The van der Waals surface area contributed by atoms with Gasteiger partial charge in [-0.2, -0.15) is 0 Å². The number of aliphatic hydroxyl groups excluding tert-OH is 1. The van der Waals surface area contributed by atoms with E-state index in [1.54, 1.807) is 18.0 Å². The summed E-state index contributed by atoms with van der Waals surface area (Å²) >= 11 is 0. The third-order valence-electron chi connectivity index (χ3n) is 5.42. The first-order valence-corrected chi connectivity index (χ1v) is 11.1. The summed E-state index contributed by atoms with van der Waals surface area (Å²) in [6.07, 6.45) is 3.12. The Kier molecular flexibility index (Phi) is 8.24. The second kappa shape index (κ2) is 11.1. The lowest BCUT2D eigenvalue weighted by atomic mass is 10.2. The van der Waals surface area contributed by atoms with E-state index in [1.165, 1.54) is 10.1 Å². The number of hydrogen-bond donors (Lipinski definition) is 1. The number of rotatable bonds is 12. The fraction of sp³-hybridized carbons (Fsp3) is 0.522. The highest BCUT2D eigenvalue weighted by Gasteiger charge is 2.20. The van der Waals surface area contributed by atoms with Crippen LogP contribution in [0.1, 0.15) is 32.3 Å². The van der Waals surface area contributed by atoms with Crippen molar-refractivity contribution in [3.05, 3.63) is 57.0 Å². The van der Waals surface area contributed by atoms with E-state index in [2.05, 4.69) is 11.9 Å². The highest BCUT2D eigenvalue weighted by Crippen LogP contribution is 2.13. The van der Waals surface area contributed by atoms with Gasteiger partial charge in [-0.1, -0.05) is 32.4 Å². The van der Waals surface area contributed by atoms with Crippen molar-refractivity contribution in [3.63, 3.8) is 0 Å². The van der Waals surface area contributed by atoms with Gasteiger partial charge in [0, 0.05) is 20.2 Å². The third-order valence-corrected chi connectivity index (χ3v) is 5.42. The first-order valence-electron chi connectivity index (χ1n) is 11.1. The summed E-state index contributed by atoms with van der Waals surface area (Å²) in [6.45, 7) is 5.20. The van der Waals surface area contributed by atoms with Gasteiger partial charge in [-0.05, 0) is 30.5 Å². The lowest BCUT2D eigenvalue weighted by Gasteiger charge is -2.16. The number of fused-ring (bicyclic) bond motifs is 1. The maximum absolute atomic E-state index is 13.2. The minimum Gasteiger partial charge on any atom is -0.491 e. The zero-order valence-electron chi connectivity index (χ0n) is 19.0. The number of aromatic nitrogens is 4. The lowest BCUT2D eigenvalue weighted by molar-refractivity contribution is 0.0901. The number of aryl methyl sites for hydroxylation is 2. The molecule has 1 N–H and O–H groups in total. The van der Waals surface area contributed by atoms with Crippen molar-refractivity contribution in [2.75, 3.05) is 20.3 Å². The molecule has 3 aromatic rings. The first-order chi connectivity index (χ1) is 15.5.